The first-order valence-corrected chi connectivity index (χ1v) is 30.6. The van der Waals surface area contributed by atoms with Crippen LogP contribution in [-0.2, 0) is 90.3 Å². The van der Waals surface area contributed by atoms with Gasteiger partial charge in [0.25, 0.3) is 0 Å². The Morgan fingerprint density at radius 1 is 0.250 bits per heavy atom. The van der Waals surface area contributed by atoms with E-state index in [1.54, 1.807) is 0 Å². The molecule has 7 heterocycles. The Morgan fingerprint density at radius 3 is 0.656 bits per heavy atom. The first-order valence-electron chi connectivity index (χ1n) is 30.6. The Balaban J connectivity index is 1.09. The van der Waals surface area contributed by atoms with Gasteiger partial charge in [-0.3, -0.25) is 28.8 Å². The zero-order valence-corrected chi connectivity index (χ0v) is 52.5. The summed E-state index contributed by atoms with van der Waals surface area (Å²) in [6, 6.07) is -10.5. The number of hydrogen-bond donors (Lipinski definition) is 23. The van der Waals surface area contributed by atoms with Crippen LogP contribution < -0.4 is 31.9 Å². The van der Waals surface area contributed by atoms with E-state index in [2.05, 4.69) is 31.9 Å². The predicted octanol–water partition coefficient (Wildman–Crippen LogP) is -15.4. The molecule has 7 saturated heterocycles. The number of hydrogen-bond acceptors (Lipinski definition) is 36. The Bertz CT molecular complexity index is 2560. The monoisotopic (exact) mass is 1400 g/mol. The third-order valence-electron chi connectivity index (χ3n) is 17.0. The fourth-order valence-corrected chi connectivity index (χ4v) is 12.4. The van der Waals surface area contributed by atoms with Gasteiger partial charge in [-0.2, -0.15) is 0 Å². The molecule has 0 radical (unpaired) electrons. The Morgan fingerprint density at radius 2 is 0.438 bits per heavy atom. The lowest BCUT2D eigenvalue weighted by Gasteiger charge is -2.52. The van der Waals surface area contributed by atoms with Crippen molar-refractivity contribution in [2.45, 2.75) is 256 Å². The van der Waals surface area contributed by atoms with E-state index in [0.29, 0.717) is 0 Å². The predicted molar refractivity (Wildman–Crippen MR) is 301 cm³/mol. The molecule has 0 aromatic carbocycles. The molecule has 7 aliphatic rings. The highest BCUT2D eigenvalue weighted by Crippen LogP contribution is 2.38. The number of rotatable bonds is 25. The van der Waals surface area contributed by atoms with E-state index in [-0.39, 0.29) is 0 Å². The number of aliphatic hydroxyl groups excluding tert-OH is 17. The smallest absolute Gasteiger partial charge is 0.217 e. The first-order chi connectivity index (χ1) is 45.4. The van der Waals surface area contributed by atoms with Crippen LogP contribution in [0.3, 0.4) is 0 Å². The summed E-state index contributed by atoms with van der Waals surface area (Å²) in [5.41, 5.74) is 0. The van der Waals surface area contributed by atoms with Crippen LogP contribution in [0.5, 0.6) is 0 Å². The van der Waals surface area contributed by atoms with Crippen LogP contribution in [0.15, 0.2) is 0 Å². The van der Waals surface area contributed by atoms with Crippen LogP contribution in [0.25, 0.3) is 0 Å². The van der Waals surface area contributed by atoms with Gasteiger partial charge in [0.15, 0.2) is 44.0 Å². The molecular weight excluding hydrogens is 1310 g/mol. The van der Waals surface area contributed by atoms with E-state index >= 15 is 0 Å². The number of carbonyl (C=O) groups excluding carboxylic acids is 6. The fourth-order valence-electron chi connectivity index (χ4n) is 12.4. The molecule has 42 heteroatoms. The largest absolute Gasteiger partial charge is 0.394 e. The van der Waals surface area contributed by atoms with Gasteiger partial charge in [0.2, 0.25) is 35.4 Å². The van der Waals surface area contributed by atoms with Gasteiger partial charge in [-0.15, -0.1) is 0 Å². The molecule has 552 valence electrons. The number of carbonyl (C=O) groups is 6. The van der Waals surface area contributed by atoms with Crippen LogP contribution in [0.2, 0.25) is 0 Å². The van der Waals surface area contributed by atoms with Crippen molar-refractivity contribution in [3.63, 3.8) is 0 Å². The third kappa shape index (κ3) is 18.0. The number of nitrogens with one attached hydrogen (secondary N) is 6. The maximum atomic E-state index is 12.9. The van der Waals surface area contributed by atoms with Gasteiger partial charge in [-0.1, -0.05) is 0 Å². The normalized spacial score (nSPS) is 45.2. The van der Waals surface area contributed by atoms with Crippen LogP contribution in [0, 0.1) is 0 Å². The molecule has 42 nitrogen and oxygen atoms in total. The molecule has 0 aromatic heterocycles. The van der Waals surface area contributed by atoms with Gasteiger partial charge in [0.05, 0.1) is 46.2 Å². The van der Waals surface area contributed by atoms with Gasteiger partial charge in [-0.25, -0.2) is 0 Å². The molecular formula is C54H90N6O36. The molecule has 7 aliphatic heterocycles. The summed E-state index contributed by atoms with van der Waals surface area (Å²) in [5.74, 6) is -4.99. The molecule has 23 N–H and O–H groups in total. The summed E-state index contributed by atoms with van der Waals surface area (Å²) in [4.78, 5) is 75.9. The zero-order chi connectivity index (χ0) is 71.1. The highest BCUT2D eigenvalue weighted by Gasteiger charge is 2.60. The summed E-state index contributed by atoms with van der Waals surface area (Å²) in [6.45, 7) is -0.950. The van der Waals surface area contributed by atoms with E-state index < -0.39 is 296 Å². The van der Waals surface area contributed by atoms with Gasteiger partial charge >= 0.3 is 0 Å². The summed E-state index contributed by atoms with van der Waals surface area (Å²) in [7, 11) is 0. The molecule has 96 heavy (non-hydrogen) atoms. The van der Waals surface area contributed by atoms with Crippen LogP contribution >= 0.6 is 0 Å². The lowest BCUT2D eigenvalue weighted by Crippen LogP contribution is -2.72. The second-order valence-electron chi connectivity index (χ2n) is 24.0. The SMILES string of the molecule is CC(=O)N[C@H]1[C@H](O[C@H]2[C@H](O)[C@@H](NC(C)=O)[C@H](O[C@H]3[C@H](O)[C@@H](NC(C)=O)[C@H](O[C@H]4[C@H](O)[C@@H](NC(C)=O)[C@H](O[C@H]5[C@H](O)[C@@H](NC(C)=O)[C@H](O[C@H]6[C@H](O)[C@@H](NC(C)=O)C(O)O[C@@H]6CO)O[C@@H]5CO)O[C@@H]4CO)O[C@@H]3CO)O[C@@H]2CO)O[C@H](CO)[C@@H](O[C@@H]2O[C@H](CO)[C@H](O)[C@H](O)[C@H]2O)[C@@H]1O. The van der Waals surface area contributed by atoms with Crippen molar-refractivity contribution in [3.8, 4) is 0 Å². The van der Waals surface area contributed by atoms with Crippen molar-refractivity contribution < 1.29 is 177 Å². The first kappa shape index (κ1) is 79.0. The lowest BCUT2D eigenvalue weighted by atomic mass is 9.92. The van der Waals surface area contributed by atoms with Gasteiger partial charge < -0.3 is 180 Å². The summed E-state index contributed by atoms with van der Waals surface area (Å²) in [5, 5.41) is 201. The number of aliphatic hydroxyl groups is 17. The minimum atomic E-state index is -2.12. The van der Waals surface area contributed by atoms with E-state index in [1.165, 1.54) is 0 Å². The van der Waals surface area contributed by atoms with Crippen molar-refractivity contribution in [3.05, 3.63) is 0 Å². The molecule has 6 amide bonds. The highest BCUT2D eigenvalue weighted by atomic mass is 16.8. The molecule has 0 spiro atoms. The second-order valence-corrected chi connectivity index (χ2v) is 24.0. The summed E-state index contributed by atoms with van der Waals surface area (Å²) < 4.78 is 77.2. The summed E-state index contributed by atoms with van der Waals surface area (Å²) >= 11 is 0. The van der Waals surface area contributed by atoms with E-state index in [4.69, 9.17) is 61.6 Å². The maximum absolute atomic E-state index is 12.9. The van der Waals surface area contributed by atoms with Crippen LogP contribution in [-0.4, -0.2) is 383 Å². The maximum Gasteiger partial charge on any atom is 0.217 e. The van der Waals surface area contributed by atoms with Gasteiger partial charge in [0.1, 0.15) is 171 Å². The molecule has 7 rings (SSSR count). The highest BCUT2D eigenvalue weighted by molar-refractivity contribution is 5.75. The average molecular weight is 1400 g/mol. The molecule has 0 aromatic rings. The van der Waals surface area contributed by atoms with Gasteiger partial charge in [0, 0.05) is 41.5 Å². The third-order valence-corrected chi connectivity index (χ3v) is 17.0. The van der Waals surface area contributed by atoms with Crippen molar-refractivity contribution in [2.24, 2.45) is 0 Å². The van der Waals surface area contributed by atoms with E-state index in [1.807, 2.05) is 0 Å². The molecule has 1 unspecified atom stereocenters. The molecule has 0 saturated carbocycles. The lowest BCUT2D eigenvalue weighted by molar-refractivity contribution is -0.374. The fraction of sp³-hybridized carbons (Fsp3) is 0.889. The van der Waals surface area contributed by atoms with Gasteiger partial charge in [-0.05, 0) is 0 Å². The Hall–Kier alpha value is -4.38. The van der Waals surface area contributed by atoms with Crippen molar-refractivity contribution in [1.29, 1.82) is 0 Å². The Labute approximate surface area is 545 Å². The minimum absolute atomic E-state index is 0.716. The van der Waals surface area contributed by atoms with Crippen LogP contribution in [0.1, 0.15) is 41.5 Å². The Kier molecular flexibility index (Phi) is 28.6. The minimum Gasteiger partial charge on any atom is -0.394 e. The number of ether oxygens (including phenoxy) is 13. The zero-order valence-electron chi connectivity index (χ0n) is 52.5. The number of amides is 6. The van der Waals surface area contributed by atoms with Crippen molar-refractivity contribution in [1.82, 2.24) is 31.9 Å². The summed E-state index contributed by atoms with van der Waals surface area (Å²) in [6.07, 6.45) is -54.1. The van der Waals surface area contributed by atoms with Crippen LogP contribution in [0.4, 0.5) is 0 Å². The second kappa shape index (κ2) is 34.8. The van der Waals surface area contributed by atoms with E-state index in [9.17, 15) is 116 Å². The quantitative estimate of drug-likeness (QED) is 0.0404. The molecule has 7 fully saturated rings. The standard InChI is InChI=1S/C54H90N6O36/c1-14(68)55-27-34(75)42(21(8-62)84-48(27)83)91-49-28(56-15(2)69)35(76)43(22(9-63)86-49)92-50-29(57-16(3)70)36(77)44(23(10-64)87-50)93-51-30(58-17(4)71)37(78)45(24(11-65)88-51)94-52-31(59-18(5)72)38(79)46(25(12-66)89-52)95-53-32(60-19(6)73)39(80)47(26(13-67)90-53)96-54-41(82)40(81)33(74)20(7-61)85-54/h20-54,61-67,74-83H,7-13H2,1-6H3,(H,55,68)(H,56,69)(H,57,70)(H,58,71)(H,59,72)(H,60,73)/t20-,21-,22-,23-,24-,25-,26-,27-,28-,29-,30-,31-,32-,33+,34-,35-,36-,37-,38-,39-,40+,41-,42-,43-,44-,45-,46-,47-,48?,49+,50+,51+,52+,53+,54+/m1/s1. The molecule has 0 bridgehead atoms. The van der Waals surface area contributed by atoms with E-state index in [0.717, 1.165) is 41.5 Å². The average Bonchev–Trinajstić information content (AvgIpc) is 0.773. The topological polar surface area (TPSA) is 639 Å². The van der Waals surface area contributed by atoms with Crippen molar-refractivity contribution >= 4 is 35.4 Å². The van der Waals surface area contributed by atoms with Crippen molar-refractivity contribution in [2.75, 3.05) is 46.2 Å². The molecule has 0 aliphatic carbocycles. The molecule has 35 atom stereocenters.